The molecule has 0 N–H and O–H groups in total. The van der Waals surface area contributed by atoms with Crippen LogP contribution in [-0.4, -0.2) is 36.5 Å². The largest absolute Gasteiger partial charge is 0.469 e. The maximum Gasteiger partial charge on any atom is 0.308 e. The second-order valence-electron chi connectivity index (χ2n) is 9.78. The highest BCUT2D eigenvalue weighted by atomic mass is 16.5. The molecule has 1 saturated carbocycles. The Balaban J connectivity index is 1.55. The van der Waals surface area contributed by atoms with E-state index >= 15 is 0 Å². The van der Waals surface area contributed by atoms with Gasteiger partial charge >= 0.3 is 5.97 Å². The number of hydrogen-bond donors (Lipinski definition) is 0. The van der Waals surface area contributed by atoms with Gasteiger partial charge in [0, 0.05) is 23.9 Å². The minimum atomic E-state index is -0.121. The van der Waals surface area contributed by atoms with Crippen LogP contribution in [0.3, 0.4) is 0 Å². The van der Waals surface area contributed by atoms with Gasteiger partial charge in [-0.1, -0.05) is 45.0 Å². The molecule has 152 valence electrons. The summed E-state index contributed by atoms with van der Waals surface area (Å²) in [6.45, 7) is 7.93. The number of methoxy groups -OCH3 is 1. The number of amides is 1. The van der Waals surface area contributed by atoms with Gasteiger partial charge in [-0.25, -0.2) is 0 Å². The summed E-state index contributed by atoms with van der Waals surface area (Å²) < 4.78 is 4.89. The molecule has 0 aromatic heterocycles. The average Bonchev–Trinajstić information content (AvgIpc) is 2.70. The minimum Gasteiger partial charge on any atom is -0.469 e. The molecule has 2 aliphatic carbocycles. The van der Waals surface area contributed by atoms with E-state index in [1.807, 2.05) is 0 Å². The first-order valence-electron chi connectivity index (χ1n) is 10.8. The van der Waals surface area contributed by atoms with Crippen LogP contribution in [0.25, 0.3) is 0 Å². The second kappa shape index (κ2) is 6.89. The first kappa shape index (κ1) is 19.5. The first-order chi connectivity index (χ1) is 13.3. The van der Waals surface area contributed by atoms with Gasteiger partial charge in [0.1, 0.15) is 0 Å². The highest BCUT2D eigenvalue weighted by Gasteiger charge is 2.57. The molecule has 28 heavy (non-hydrogen) atoms. The number of piperidine rings is 1. The van der Waals surface area contributed by atoms with Crippen LogP contribution in [0.1, 0.15) is 64.0 Å². The molecule has 0 radical (unpaired) electrons. The Morgan fingerprint density at radius 2 is 1.68 bits per heavy atom. The van der Waals surface area contributed by atoms with Crippen LogP contribution >= 0.6 is 0 Å². The van der Waals surface area contributed by atoms with Crippen LogP contribution in [0, 0.1) is 17.3 Å². The number of benzene rings is 1. The molecule has 4 nitrogen and oxygen atoms in total. The minimum absolute atomic E-state index is 0.0308. The molecule has 4 rings (SSSR count). The van der Waals surface area contributed by atoms with Crippen molar-refractivity contribution in [3.8, 4) is 0 Å². The molecule has 1 unspecified atom stereocenters. The van der Waals surface area contributed by atoms with Crippen LogP contribution < -0.4 is 0 Å². The van der Waals surface area contributed by atoms with Crippen molar-refractivity contribution < 1.29 is 14.3 Å². The lowest BCUT2D eigenvalue weighted by molar-refractivity contribution is -0.153. The van der Waals surface area contributed by atoms with Crippen molar-refractivity contribution in [2.75, 3.05) is 13.7 Å². The fraction of sp³-hybridized carbons (Fsp3) is 0.667. The van der Waals surface area contributed by atoms with Gasteiger partial charge < -0.3 is 9.64 Å². The van der Waals surface area contributed by atoms with Crippen molar-refractivity contribution in [3.05, 3.63) is 35.4 Å². The molecule has 1 heterocycles. The van der Waals surface area contributed by atoms with Crippen molar-refractivity contribution in [2.24, 2.45) is 17.3 Å². The van der Waals surface area contributed by atoms with Crippen LogP contribution in [0.2, 0.25) is 0 Å². The SMILES string of the molecule is COC(=O)C1CCC(C(=O)N2CC[C@@]3(C)c4ccccc4CC2C3(C)C)CC1. The van der Waals surface area contributed by atoms with Gasteiger partial charge in [-0.2, -0.15) is 0 Å². The fourth-order valence-electron chi connectivity index (χ4n) is 6.11. The van der Waals surface area contributed by atoms with E-state index in [0.717, 1.165) is 45.1 Å². The van der Waals surface area contributed by atoms with E-state index in [0.29, 0.717) is 5.91 Å². The maximum absolute atomic E-state index is 13.5. The molecule has 2 fully saturated rings. The van der Waals surface area contributed by atoms with Gasteiger partial charge in [-0.05, 0) is 55.1 Å². The van der Waals surface area contributed by atoms with E-state index in [-0.39, 0.29) is 34.7 Å². The summed E-state index contributed by atoms with van der Waals surface area (Å²) in [7, 11) is 1.45. The zero-order valence-corrected chi connectivity index (χ0v) is 17.7. The summed E-state index contributed by atoms with van der Waals surface area (Å²) in [6.07, 6.45) is 5.10. The summed E-state index contributed by atoms with van der Waals surface area (Å²) in [4.78, 5) is 27.5. The summed E-state index contributed by atoms with van der Waals surface area (Å²) in [5, 5.41) is 0. The van der Waals surface area contributed by atoms with Gasteiger partial charge in [-0.3, -0.25) is 9.59 Å². The number of carbonyl (C=O) groups is 2. The van der Waals surface area contributed by atoms with Crippen molar-refractivity contribution in [1.29, 1.82) is 0 Å². The Morgan fingerprint density at radius 1 is 1.04 bits per heavy atom. The normalized spacial score (nSPS) is 33.7. The van der Waals surface area contributed by atoms with Crippen LogP contribution in [0.5, 0.6) is 0 Å². The third kappa shape index (κ3) is 2.79. The zero-order chi connectivity index (χ0) is 20.1. The van der Waals surface area contributed by atoms with E-state index < -0.39 is 0 Å². The molecule has 1 amide bonds. The predicted octanol–water partition coefficient (Wildman–Crippen LogP) is 4.11. The van der Waals surface area contributed by atoms with Gasteiger partial charge in [-0.15, -0.1) is 0 Å². The lowest BCUT2D eigenvalue weighted by Crippen LogP contribution is -2.65. The Labute approximate surface area is 168 Å². The summed E-state index contributed by atoms with van der Waals surface area (Å²) >= 11 is 0. The number of hydrogen-bond acceptors (Lipinski definition) is 3. The Kier molecular flexibility index (Phi) is 4.79. The molecule has 1 aromatic carbocycles. The van der Waals surface area contributed by atoms with Crippen LogP contribution in [-0.2, 0) is 26.2 Å². The zero-order valence-electron chi connectivity index (χ0n) is 17.7. The average molecular weight is 384 g/mol. The third-order valence-corrected chi connectivity index (χ3v) is 8.40. The predicted molar refractivity (Wildman–Crippen MR) is 109 cm³/mol. The molecule has 1 aliphatic heterocycles. The lowest BCUT2D eigenvalue weighted by Gasteiger charge is -2.61. The molecule has 4 heteroatoms. The standard InChI is InChI=1S/C24H33NO3/c1-23(2)20-15-18-7-5-6-8-19(18)24(23,3)13-14-25(20)21(26)16-9-11-17(12-10-16)22(27)28-4/h5-8,16-17,20H,9-15H2,1-4H3/t16?,17?,20?,24-/m0/s1. The Bertz CT molecular complexity index is 778. The van der Waals surface area contributed by atoms with Crippen molar-refractivity contribution in [3.63, 3.8) is 0 Å². The number of nitrogens with zero attached hydrogens (tertiary/aromatic N) is 1. The number of likely N-dealkylation sites (tertiary alicyclic amines) is 1. The van der Waals surface area contributed by atoms with E-state index in [1.54, 1.807) is 0 Å². The maximum atomic E-state index is 13.5. The third-order valence-electron chi connectivity index (χ3n) is 8.40. The fourth-order valence-corrected chi connectivity index (χ4v) is 6.11. The highest BCUT2D eigenvalue weighted by molar-refractivity contribution is 5.80. The van der Waals surface area contributed by atoms with Crippen molar-refractivity contribution >= 4 is 11.9 Å². The first-order valence-corrected chi connectivity index (χ1v) is 10.8. The Hall–Kier alpha value is -1.84. The van der Waals surface area contributed by atoms with Gasteiger partial charge in [0.25, 0.3) is 0 Å². The smallest absolute Gasteiger partial charge is 0.308 e. The molecule has 3 aliphatic rings. The second-order valence-corrected chi connectivity index (χ2v) is 9.78. The number of fused-ring (bicyclic) bond motifs is 4. The topological polar surface area (TPSA) is 46.6 Å². The molecule has 0 spiro atoms. The van der Waals surface area contributed by atoms with E-state index in [1.165, 1.54) is 18.2 Å². The van der Waals surface area contributed by atoms with Crippen molar-refractivity contribution in [2.45, 2.75) is 70.8 Å². The number of rotatable bonds is 2. The van der Waals surface area contributed by atoms with E-state index in [9.17, 15) is 9.59 Å². The molecular formula is C24H33NO3. The Morgan fingerprint density at radius 3 is 2.36 bits per heavy atom. The van der Waals surface area contributed by atoms with Gasteiger partial charge in [0.05, 0.1) is 13.0 Å². The molecule has 2 atom stereocenters. The van der Waals surface area contributed by atoms with Crippen molar-refractivity contribution in [1.82, 2.24) is 4.90 Å². The summed E-state index contributed by atoms with van der Waals surface area (Å²) in [5.74, 6) is 0.211. The summed E-state index contributed by atoms with van der Waals surface area (Å²) in [5.41, 5.74) is 3.02. The van der Waals surface area contributed by atoms with E-state index in [2.05, 4.69) is 49.9 Å². The van der Waals surface area contributed by atoms with E-state index in [4.69, 9.17) is 4.74 Å². The summed E-state index contributed by atoms with van der Waals surface area (Å²) in [6, 6.07) is 9.05. The number of carbonyl (C=O) groups excluding carboxylic acids is 2. The van der Waals surface area contributed by atoms with Gasteiger partial charge in [0.2, 0.25) is 5.91 Å². The number of esters is 1. The lowest BCUT2D eigenvalue weighted by atomic mass is 9.51. The van der Waals surface area contributed by atoms with Gasteiger partial charge in [0.15, 0.2) is 0 Å². The number of ether oxygens (including phenoxy) is 1. The molecular weight excluding hydrogens is 350 g/mol. The molecule has 1 saturated heterocycles. The highest BCUT2D eigenvalue weighted by Crippen LogP contribution is 2.56. The molecule has 1 aromatic rings. The molecule has 2 bridgehead atoms. The monoisotopic (exact) mass is 383 g/mol. The van der Waals surface area contributed by atoms with Crippen LogP contribution in [0.15, 0.2) is 24.3 Å². The van der Waals surface area contributed by atoms with Crippen LogP contribution in [0.4, 0.5) is 0 Å². The quantitative estimate of drug-likeness (QED) is 0.722.